The maximum atomic E-state index is 12.8. The topological polar surface area (TPSA) is 85.2 Å². The van der Waals surface area contributed by atoms with E-state index in [4.69, 9.17) is 4.74 Å². The number of hydrogen-bond donors (Lipinski definition) is 2. The highest BCUT2D eigenvalue weighted by Gasteiger charge is 2.25. The number of aromatic nitrogens is 2. The van der Waals surface area contributed by atoms with E-state index >= 15 is 0 Å². The van der Waals surface area contributed by atoms with Crippen LogP contribution in [0.25, 0.3) is 0 Å². The first-order valence-electron chi connectivity index (χ1n) is 8.36. The number of nitrogens with zero attached hydrogens (tertiary/aromatic N) is 2. The van der Waals surface area contributed by atoms with Gasteiger partial charge in [0.05, 0.1) is 13.7 Å². The Bertz CT molecular complexity index is 775. The number of nitrogens with one attached hydrogen (secondary N) is 2. The molecule has 27 heavy (non-hydrogen) atoms. The highest BCUT2D eigenvalue weighted by Crippen LogP contribution is 2.13. The van der Waals surface area contributed by atoms with Crippen LogP contribution in [-0.4, -0.2) is 34.5 Å². The van der Waals surface area contributed by atoms with Crippen molar-refractivity contribution in [1.29, 1.82) is 0 Å². The average Bonchev–Trinajstić information content (AvgIpc) is 3.12. The number of alkyl halides is 2. The fourth-order valence-electron chi connectivity index (χ4n) is 2.44. The molecule has 0 aliphatic carbocycles. The Labute approximate surface area is 155 Å². The molecule has 0 saturated carbocycles. The van der Waals surface area contributed by atoms with Gasteiger partial charge in [0.1, 0.15) is 17.6 Å². The van der Waals surface area contributed by atoms with Gasteiger partial charge in [0.15, 0.2) is 0 Å². The molecule has 0 aliphatic rings. The summed E-state index contributed by atoms with van der Waals surface area (Å²) in [5, 5.41) is 5.22. The van der Waals surface area contributed by atoms with E-state index in [0.29, 0.717) is 15.9 Å². The molecule has 0 aliphatic heterocycles. The van der Waals surface area contributed by atoms with Crippen LogP contribution in [0, 0.1) is 5.92 Å². The maximum absolute atomic E-state index is 12.8. The standard InChI is InChI=1S/C18H22F2N4O3/c1-11(2)15(23-16(25)12-4-6-13(27-3)7-5-12)17(26)22-10-14-21-8-9-24(14)18(19)20/h4-9,11,15,18H,10H2,1-3H3,(H,22,26)(H,23,25). The normalized spacial score (nSPS) is 12.1. The summed E-state index contributed by atoms with van der Waals surface area (Å²) in [6.45, 7) is 0.643. The zero-order valence-corrected chi connectivity index (χ0v) is 15.3. The number of amides is 2. The van der Waals surface area contributed by atoms with Gasteiger partial charge in [0, 0.05) is 18.0 Å². The number of rotatable bonds is 8. The van der Waals surface area contributed by atoms with Gasteiger partial charge in [0.2, 0.25) is 5.91 Å². The third-order valence-electron chi connectivity index (χ3n) is 3.97. The third kappa shape index (κ3) is 5.25. The van der Waals surface area contributed by atoms with Crippen molar-refractivity contribution in [3.05, 3.63) is 48.0 Å². The minimum absolute atomic E-state index is 0.0299. The van der Waals surface area contributed by atoms with E-state index in [9.17, 15) is 18.4 Å². The predicted molar refractivity (Wildman–Crippen MR) is 94.4 cm³/mol. The van der Waals surface area contributed by atoms with Crippen molar-refractivity contribution in [1.82, 2.24) is 20.2 Å². The predicted octanol–water partition coefficient (Wildman–Crippen LogP) is 2.36. The first-order chi connectivity index (χ1) is 12.8. The lowest BCUT2D eigenvalue weighted by Gasteiger charge is -2.22. The highest BCUT2D eigenvalue weighted by atomic mass is 19.3. The minimum Gasteiger partial charge on any atom is -0.497 e. The van der Waals surface area contributed by atoms with Crippen LogP contribution in [0.5, 0.6) is 5.75 Å². The molecule has 2 amide bonds. The number of carbonyl (C=O) groups excluding carboxylic acids is 2. The van der Waals surface area contributed by atoms with E-state index in [2.05, 4.69) is 15.6 Å². The first kappa shape index (κ1) is 20.3. The molecule has 1 aromatic heterocycles. The van der Waals surface area contributed by atoms with Crippen molar-refractivity contribution in [2.24, 2.45) is 5.92 Å². The summed E-state index contributed by atoms with van der Waals surface area (Å²) >= 11 is 0. The van der Waals surface area contributed by atoms with Crippen LogP contribution in [-0.2, 0) is 11.3 Å². The zero-order valence-electron chi connectivity index (χ0n) is 15.3. The van der Waals surface area contributed by atoms with Gasteiger partial charge >= 0.3 is 6.55 Å². The molecule has 0 bridgehead atoms. The molecule has 0 radical (unpaired) electrons. The van der Waals surface area contributed by atoms with Crippen LogP contribution in [0.1, 0.15) is 36.6 Å². The fourth-order valence-corrected chi connectivity index (χ4v) is 2.44. The van der Waals surface area contributed by atoms with Crippen LogP contribution >= 0.6 is 0 Å². The Balaban J connectivity index is 2.01. The molecule has 9 heteroatoms. The number of ether oxygens (including phenoxy) is 1. The molecule has 146 valence electrons. The van der Waals surface area contributed by atoms with Crippen molar-refractivity contribution in [2.75, 3.05) is 7.11 Å². The van der Waals surface area contributed by atoms with E-state index in [0.717, 1.165) is 6.20 Å². The molecule has 0 fully saturated rings. The van der Waals surface area contributed by atoms with Crippen molar-refractivity contribution >= 4 is 11.8 Å². The lowest BCUT2D eigenvalue weighted by Crippen LogP contribution is -2.49. The van der Waals surface area contributed by atoms with Crippen LogP contribution in [0.15, 0.2) is 36.7 Å². The summed E-state index contributed by atoms with van der Waals surface area (Å²) in [6.07, 6.45) is 2.37. The second-order valence-electron chi connectivity index (χ2n) is 6.17. The molecule has 7 nitrogen and oxygen atoms in total. The smallest absolute Gasteiger partial charge is 0.319 e. The molecular weight excluding hydrogens is 358 g/mol. The Hall–Kier alpha value is -2.97. The zero-order chi connectivity index (χ0) is 20.0. The fraction of sp³-hybridized carbons (Fsp3) is 0.389. The largest absolute Gasteiger partial charge is 0.497 e. The van der Waals surface area contributed by atoms with Crippen LogP contribution in [0.3, 0.4) is 0 Å². The molecule has 2 N–H and O–H groups in total. The summed E-state index contributed by atoms with van der Waals surface area (Å²) in [5.41, 5.74) is 0.377. The Morgan fingerprint density at radius 1 is 1.22 bits per heavy atom. The van der Waals surface area contributed by atoms with Gasteiger partial charge in [-0.05, 0) is 30.2 Å². The van der Waals surface area contributed by atoms with E-state index in [1.165, 1.54) is 13.3 Å². The quantitative estimate of drug-likeness (QED) is 0.736. The molecule has 0 spiro atoms. The lowest BCUT2D eigenvalue weighted by molar-refractivity contribution is -0.124. The Kier molecular flexibility index (Phi) is 6.86. The van der Waals surface area contributed by atoms with Gasteiger partial charge in [0.25, 0.3) is 5.91 Å². The van der Waals surface area contributed by atoms with Crippen molar-refractivity contribution in [3.8, 4) is 5.75 Å². The summed E-state index contributed by atoms with van der Waals surface area (Å²) in [6, 6.07) is 5.63. The summed E-state index contributed by atoms with van der Waals surface area (Å²) in [7, 11) is 1.52. The molecule has 0 saturated heterocycles. The van der Waals surface area contributed by atoms with Crippen LogP contribution < -0.4 is 15.4 Å². The third-order valence-corrected chi connectivity index (χ3v) is 3.97. The molecule has 1 aromatic carbocycles. The van der Waals surface area contributed by atoms with Gasteiger partial charge < -0.3 is 15.4 Å². The monoisotopic (exact) mass is 380 g/mol. The molecule has 1 unspecified atom stereocenters. The Morgan fingerprint density at radius 3 is 2.44 bits per heavy atom. The molecule has 1 heterocycles. The van der Waals surface area contributed by atoms with E-state index < -0.39 is 24.4 Å². The maximum Gasteiger partial charge on any atom is 0.319 e. The number of halogens is 2. The number of methoxy groups -OCH3 is 1. The van der Waals surface area contributed by atoms with Gasteiger partial charge in [-0.3, -0.25) is 14.2 Å². The van der Waals surface area contributed by atoms with Crippen LogP contribution in [0.4, 0.5) is 8.78 Å². The van der Waals surface area contributed by atoms with Gasteiger partial charge in [-0.25, -0.2) is 4.98 Å². The van der Waals surface area contributed by atoms with E-state index in [1.54, 1.807) is 38.1 Å². The SMILES string of the molecule is COc1ccc(C(=O)NC(C(=O)NCc2nccn2C(F)F)C(C)C)cc1. The number of hydrogen-bond acceptors (Lipinski definition) is 4. The molecule has 2 aromatic rings. The van der Waals surface area contributed by atoms with Crippen molar-refractivity contribution in [3.63, 3.8) is 0 Å². The first-order valence-corrected chi connectivity index (χ1v) is 8.36. The second kappa shape index (κ2) is 9.11. The number of benzene rings is 1. The van der Waals surface area contributed by atoms with Crippen LogP contribution in [0.2, 0.25) is 0 Å². The summed E-state index contributed by atoms with van der Waals surface area (Å²) < 4.78 is 31.4. The van der Waals surface area contributed by atoms with Gasteiger partial charge in [-0.2, -0.15) is 8.78 Å². The summed E-state index contributed by atoms with van der Waals surface area (Å²) in [5.74, 6) is -0.458. The summed E-state index contributed by atoms with van der Waals surface area (Å²) in [4.78, 5) is 28.7. The van der Waals surface area contributed by atoms with Gasteiger partial charge in [-0.1, -0.05) is 13.8 Å². The lowest BCUT2D eigenvalue weighted by atomic mass is 10.0. The highest BCUT2D eigenvalue weighted by molar-refractivity contribution is 5.97. The minimum atomic E-state index is -2.74. The molecule has 1 atom stereocenters. The van der Waals surface area contributed by atoms with Gasteiger partial charge in [-0.15, -0.1) is 0 Å². The molecular formula is C18H22F2N4O3. The number of carbonyl (C=O) groups is 2. The van der Waals surface area contributed by atoms with E-state index in [1.807, 2.05) is 0 Å². The van der Waals surface area contributed by atoms with Crippen molar-refractivity contribution in [2.45, 2.75) is 33.0 Å². The second-order valence-corrected chi connectivity index (χ2v) is 6.17. The molecule has 2 rings (SSSR count). The Morgan fingerprint density at radius 2 is 1.89 bits per heavy atom. The van der Waals surface area contributed by atoms with E-state index in [-0.39, 0.29) is 18.3 Å². The number of imidazole rings is 1. The van der Waals surface area contributed by atoms with Crippen molar-refractivity contribution < 1.29 is 23.1 Å². The average molecular weight is 380 g/mol.